The van der Waals surface area contributed by atoms with Crippen LogP contribution in [0.25, 0.3) is 0 Å². The molecule has 0 radical (unpaired) electrons. The summed E-state index contributed by atoms with van der Waals surface area (Å²) in [6.07, 6.45) is 1.60. The van der Waals surface area contributed by atoms with Crippen molar-refractivity contribution in [1.82, 2.24) is 4.98 Å². The molecule has 0 bridgehead atoms. The predicted molar refractivity (Wildman–Crippen MR) is 80.2 cm³/mol. The lowest BCUT2D eigenvalue weighted by molar-refractivity contribution is 0.102. The Morgan fingerprint density at radius 3 is 2.68 bits per heavy atom. The molecule has 98 valence electrons. The van der Waals surface area contributed by atoms with Gasteiger partial charge in [0.2, 0.25) is 0 Å². The van der Waals surface area contributed by atoms with Crippen molar-refractivity contribution < 1.29 is 4.79 Å². The van der Waals surface area contributed by atoms with Crippen LogP contribution in [-0.4, -0.2) is 10.9 Å². The summed E-state index contributed by atoms with van der Waals surface area (Å²) < 4.78 is 0.884. The Labute approximate surface area is 120 Å². The Hall–Kier alpha value is -1.88. The molecular weight excluding hydrogens is 306 g/mol. The monoisotopic (exact) mass is 319 g/mol. The van der Waals surface area contributed by atoms with Gasteiger partial charge >= 0.3 is 0 Å². The van der Waals surface area contributed by atoms with Gasteiger partial charge in [0.15, 0.2) is 0 Å². The van der Waals surface area contributed by atoms with Crippen molar-refractivity contribution in [3.63, 3.8) is 0 Å². The van der Waals surface area contributed by atoms with Crippen LogP contribution in [0.2, 0.25) is 0 Å². The Bertz CT molecular complexity index is 617. The normalized spacial score (nSPS) is 10.3. The van der Waals surface area contributed by atoms with Crippen LogP contribution in [0.1, 0.15) is 21.6 Å². The first-order valence-corrected chi connectivity index (χ1v) is 6.57. The highest BCUT2D eigenvalue weighted by molar-refractivity contribution is 9.10. The molecule has 1 amide bonds. The molecule has 0 spiro atoms. The fourth-order valence-corrected chi connectivity index (χ4v) is 2.43. The number of hydrogen-bond acceptors (Lipinski definition) is 3. The Morgan fingerprint density at radius 1 is 1.32 bits per heavy atom. The van der Waals surface area contributed by atoms with Gasteiger partial charge < -0.3 is 11.1 Å². The van der Waals surface area contributed by atoms with E-state index in [0.29, 0.717) is 17.1 Å². The van der Waals surface area contributed by atoms with E-state index in [-0.39, 0.29) is 5.91 Å². The number of halogens is 1. The molecule has 0 saturated heterocycles. The van der Waals surface area contributed by atoms with Gasteiger partial charge in [0.1, 0.15) is 5.69 Å². The number of carbonyl (C=O) groups is 1. The number of anilines is 2. The quantitative estimate of drug-likeness (QED) is 0.834. The second kappa shape index (κ2) is 5.40. The van der Waals surface area contributed by atoms with E-state index in [1.165, 1.54) is 0 Å². The minimum absolute atomic E-state index is 0.254. The molecule has 2 rings (SSSR count). The number of nitrogens with zero attached hydrogens (tertiary/aromatic N) is 1. The van der Waals surface area contributed by atoms with E-state index in [0.717, 1.165) is 15.6 Å². The first kappa shape index (κ1) is 13.5. The van der Waals surface area contributed by atoms with Crippen LogP contribution in [0.3, 0.4) is 0 Å². The van der Waals surface area contributed by atoms with E-state index >= 15 is 0 Å². The number of amides is 1. The molecule has 3 N–H and O–H groups in total. The third-order valence-electron chi connectivity index (χ3n) is 2.79. The maximum Gasteiger partial charge on any atom is 0.274 e. The molecule has 2 aromatic rings. The highest BCUT2D eigenvalue weighted by Gasteiger charge is 2.13. The highest BCUT2D eigenvalue weighted by Crippen LogP contribution is 2.28. The lowest BCUT2D eigenvalue weighted by atomic mass is 10.1. The molecule has 1 heterocycles. The average molecular weight is 320 g/mol. The first-order chi connectivity index (χ1) is 8.99. The van der Waals surface area contributed by atoms with Crippen LogP contribution in [0.15, 0.2) is 34.9 Å². The largest absolute Gasteiger partial charge is 0.397 e. The predicted octanol–water partition coefficient (Wildman–Crippen LogP) is 3.30. The molecule has 0 atom stereocenters. The summed E-state index contributed by atoms with van der Waals surface area (Å²) >= 11 is 3.36. The molecule has 0 unspecified atom stereocenters. The van der Waals surface area contributed by atoms with Crippen molar-refractivity contribution in [2.75, 3.05) is 11.1 Å². The van der Waals surface area contributed by atoms with Gasteiger partial charge in [-0.05, 0) is 43.2 Å². The van der Waals surface area contributed by atoms with Gasteiger partial charge in [0, 0.05) is 10.7 Å². The van der Waals surface area contributed by atoms with E-state index in [4.69, 9.17) is 5.73 Å². The van der Waals surface area contributed by atoms with E-state index in [1.54, 1.807) is 18.3 Å². The molecule has 1 aromatic carbocycles. The zero-order valence-electron chi connectivity index (χ0n) is 10.7. The highest BCUT2D eigenvalue weighted by atomic mass is 79.9. The lowest BCUT2D eigenvalue weighted by Gasteiger charge is -2.12. The molecule has 4 nitrogen and oxygen atoms in total. The smallest absolute Gasteiger partial charge is 0.274 e. The molecular formula is C14H14BrN3O. The fourth-order valence-electron chi connectivity index (χ4n) is 1.84. The number of hydrogen-bond donors (Lipinski definition) is 2. The maximum absolute atomic E-state index is 12.2. The van der Waals surface area contributed by atoms with Crippen molar-refractivity contribution in [2.24, 2.45) is 0 Å². The molecule has 0 fully saturated rings. The summed E-state index contributed by atoms with van der Waals surface area (Å²) in [6, 6.07) is 7.30. The van der Waals surface area contributed by atoms with Crippen LogP contribution in [-0.2, 0) is 0 Å². The second-order valence-corrected chi connectivity index (χ2v) is 5.23. The number of nitrogens with two attached hydrogens (primary N) is 1. The van der Waals surface area contributed by atoms with Crippen molar-refractivity contribution in [3.05, 3.63) is 51.8 Å². The van der Waals surface area contributed by atoms with Crippen molar-refractivity contribution in [2.45, 2.75) is 13.8 Å². The third kappa shape index (κ3) is 2.93. The molecule has 0 aliphatic carbocycles. The minimum Gasteiger partial charge on any atom is -0.397 e. The van der Waals surface area contributed by atoms with Crippen molar-refractivity contribution in [1.29, 1.82) is 0 Å². The van der Waals surface area contributed by atoms with Gasteiger partial charge in [0.25, 0.3) is 5.91 Å². The fraction of sp³-hybridized carbons (Fsp3) is 0.143. The first-order valence-electron chi connectivity index (χ1n) is 5.77. The summed E-state index contributed by atoms with van der Waals surface area (Å²) in [5.41, 5.74) is 9.20. The topological polar surface area (TPSA) is 68.0 Å². The third-order valence-corrected chi connectivity index (χ3v) is 3.25. The number of benzene rings is 1. The van der Waals surface area contributed by atoms with Crippen molar-refractivity contribution >= 4 is 33.2 Å². The SMILES string of the molecule is Cc1cccnc1C(=O)Nc1c(C)cc(Br)cc1N. The van der Waals surface area contributed by atoms with E-state index < -0.39 is 0 Å². The van der Waals surface area contributed by atoms with Gasteiger partial charge in [-0.15, -0.1) is 0 Å². The number of carbonyl (C=O) groups excluding carboxylic acids is 1. The van der Waals surface area contributed by atoms with Crippen LogP contribution in [0.4, 0.5) is 11.4 Å². The summed E-state index contributed by atoms with van der Waals surface area (Å²) in [7, 11) is 0. The molecule has 19 heavy (non-hydrogen) atoms. The molecule has 5 heteroatoms. The second-order valence-electron chi connectivity index (χ2n) is 4.31. The Kier molecular flexibility index (Phi) is 3.85. The lowest BCUT2D eigenvalue weighted by Crippen LogP contribution is -2.16. The van der Waals surface area contributed by atoms with Crippen LogP contribution < -0.4 is 11.1 Å². The molecule has 1 aromatic heterocycles. The Morgan fingerprint density at radius 2 is 2.05 bits per heavy atom. The van der Waals surface area contributed by atoms with Crippen LogP contribution in [0, 0.1) is 13.8 Å². The minimum atomic E-state index is -0.254. The summed E-state index contributed by atoms with van der Waals surface area (Å²) in [4.78, 5) is 16.3. The molecule has 0 aliphatic rings. The summed E-state index contributed by atoms with van der Waals surface area (Å²) in [5.74, 6) is -0.254. The molecule has 0 saturated carbocycles. The van der Waals surface area contributed by atoms with Crippen LogP contribution >= 0.6 is 15.9 Å². The molecule has 0 aliphatic heterocycles. The summed E-state index contributed by atoms with van der Waals surface area (Å²) in [6.45, 7) is 3.74. The number of nitrogen functional groups attached to an aromatic ring is 1. The van der Waals surface area contributed by atoms with Gasteiger partial charge in [-0.2, -0.15) is 0 Å². The van der Waals surface area contributed by atoms with E-state index in [2.05, 4.69) is 26.2 Å². The standard InChI is InChI=1S/C14H14BrN3O/c1-8-4-3-5-17-13(8)14(19)18-12-9(2)6-10(15)7-11(12)16/h3-7H,16H2,1-2H3,(H,18,19). The number of nitrogens with one attached hydrogen (secondary N) is 1. The maximum atomic E-state index is 12.2. The van der Waals surface area contributed by atoms with Gasteiger partial charge in [-0.25, -0.2) is 0 Å². The Balaban J connectivity index is 2.32. The number of pyridine rings is 1. The van der Waals surface area contributed by atoms with Gasteiger partial charge in [-0.1, -0.05) is 22.0 Å². The van der Waals surface area contributed by atoms with Gasteiger partial charge in [-0.3, -0.25) is 9.78 Å². The zero-order valence-corrected chi connectivity index (χ0v) is 12.3. The zero-order chi connectivity index (χ0) is 14.0. The average Bonchev–Trinajstić information content (AvgIpc) is 2.34. The number of rotatable bonds is 2. The van der Waals surface area contributed by atoms with Crippen molar-refractivity contribution in [3.8, 4) is 0 Å². The summed E-state index contributed by atoms with van der Waals surface area (Å²) in [5, 5.41) is 2.82. The number of aromatic nitrogens is 1. The van der Waals surface area contributed by atoms with E-state index in [1.807, 2.05) is 26.0 Å². The van der Waals surface area contributed by atoms with E-state index in [9.17, 15) is 4.79 Å². The number of aryl methyl sites for hydroxylation is 2. The van der Waals surface area contributed by atoms with Gasteiger partial charge in [0.05, 0.1) is 11.4 Å². The van der Waals surface area contributed by atoms with Crippen LogP contribution in [0.5, 0.6) is 0 Å².